The molecule has 0 saturated carbocycles. The number of ether oxygens (including phenoxy) is 2. The van der Waals surface area contributed by atoms with Crippen LogP contribution in [0.25, 0.3) is 5.76 Å². The van der Waals surface area contributed by atoms with E-state index in [-0.39, 0.29) is 5.57 Å². The number of benzene rings is 3. The molecule has 0 aliphatic carbocycles. The molecule has 1 atom stereocenters. The minimum atomic E-state index is -1.49. The van der Waals surface area contributed by atoms with E-state index < -0.39 is 17.5 Å². The van der Waals surface area contributed by atoms with Crippen LogP contribution in [0.4, 0.5) is 5.69 Å². The van der Waals surface area contributed by atoms with E-state index in [2.05, 4.69) is 0 Å². The minimum Gasteiger partial charge on any atom is -0.439 e. The van der Waals surface area contributed by atoms with Crippen molar-refractivity contribution in [2.75, 3.05) is 4.90 Å². The molecule has 0 spiro atoms. The standard InChI is InChI=1S/C27H21NO4/c1-18(2)25-28(21-16-10-5-11-17-21)27(20-14-8-4-9-15-20)22(23(29)26(30)32-27)24(31-25)19-12-6-3-7-13-19/h3-17H,1-2H3. The van der Waals surface area contributed by atoms with E-state index in [1.54, 1.807) is 0 Å². The lowest BCUT2D eigenvalue weighted by Crippen LogP contribution is -2.51. The summed E-state index contributed by atoms with van der Waals surface area (Å²) in [6.07, 6.45) is 0. The van der Waals surface area contributed by atoms with Gasteiger partial charge in [-0.3, -0.25) is 9.69 Å². The van der Waals surface area contributed by atoms with Gasteiger partial charge in [0.25, 0.3) is 11.5 Å². The number of rotatable bonds is 3. The number of ketones is 1. The van der Waals surface area contributed by atoms with Gasteiger partial charge in [-0.15, -0.1) is 0 Å². The third kappa shape index (κ3) is 2.86. The summed E-state index contributed by atoms with van der Waals surface area (Å²) < 4.78 is 12.4. The summed E-state index contributed by atoms with van der Waals surface area (Å²) in [5.41, 5.74) is 1.64. The average Bonchev–Trinajstić information content (AvgIpc) is 3.11. The fourth-order valence-corrected chi connectivity index (χ4v) is 4.23. The van der Waals surface area contributed by atoms with Gasteiger partial charge in [0.05, 0.1) is 0 Å². The SMILES string of the molecule is CC(C)=C1OC(c2ccccc2)=C2C(=O)C(=O)OC2(c2ccccc2)N1c1ccccc1. The zero-order chi connectivity index (χ0) is 22.3. The number of carbonyl (C=O) groups is 2. The Morgan fingerprint density at radius 3 is 1.94 bits per heavy atom. The Morgan fingerprint density at radius 1 is 0.781 bits per heavy atom. The zero-order valence-electron chi connectivity index (χ0n) is 17.7. The van der Waals surface area contributed by atoms with Gasteiger partial charge < -0.3 is 9.47 Å². The monoisotopic (exact) mass is 423 g/mol. The van der Waals surface area contributed by atoms with Crippen molar-refractivity contribution in [1.29, 1.82) is 0 Å². The summed E-state index contributed by atoms with van der Waals surface area (Å²) in [7, 11) is 0. The molecule has 1 fully saturated rings. The molecular formula is C27H21NO4. The molecule has 0 aromatic heterocycles. The van der Waals surface area contributed by atoms with E-state index in [4.69, 9.17) is 9.47 Å². The molecule has 1 saturated heterocycles. The summed E-state index contributed by atoms with van der Waals surface area (Å²) in [6.45, 7) is 3.85. The number of anilines is 1. The summed E-state index contributed by atoms with van der Waals surface area (Å²) in [5.74, 6) is -0.780. The number of para-hydroxylation sites is 1. The third-order valence-electron chi connectivity index (χ3n) is 5.58. The Kier molecular flexibility index (Phi) is 4.67. The molecule has 3 aromatic rings. The van der Waals surface area contributed by atoms with Gasteiger partial charge in [0.1, 0.15) is 11.3 Å². The van der Waals surface area contributed by atoms with E-state index in [1.807, 2.05) is 110 Å². The molecule has 2 aliphatic heterocycles. The summed E-state index contributed by atoms with van der Waals surface area (Å²) in [4.78, 5) is 28.0. The van der Waals surface area contributed by atoms with Crippen LogP contribution in [0.5, 0.6) is 0 Å². The second-order valence-electron chi connectivity index (χ2n) is 7.88. The van der Waals surface area contributed by atoms with Gasteiger partial charge >= 0.3 is 5.97 Å². The highest BCUT2D eigenvalue weighted by molar-refractivity contribution is 6.45. The number of hydrogen-bond acceptors (Lipinski definition) is 5. The van der Waals surface area contributed by atoms with Crippen LogP contribution in [0.1, 0.15) is 25.0 Å². The number of carbonyl (C=O) groups excluding carboxylic acids is 2. The number of Topliss-reactive ketones (excluding diaryl/α,β-unsaturated/α-hetero) is 1. The van der Waals surface area contributed by atoms with Crippen LogP contribution < -0.4 is 4.90 Å². The first-order chi connectivity index (χ1) is 15.5. The average molecular weight is 423 g/mol. The second kappa shape index (κ2) is 7.54. The van der Waals surface area contributed by atoms with E-state index >= 15 is 0 Å². The highest BCUT2D eigenvalue weighted by Crippen LogP contribution is 2.53. The molecule has 158 valence electrons. The molecule has 32 heavy (non-hydrogen) atoms. The number of hydrogen-bond donors (Lipinski definition) is 0. The molecule has 0 amide bonds. The van der Waals surface area contributed by atoms with Crippen LogP contribution in [0.15, 0.2) is 108 Å². The first-order valence-corrected chi connectivity index (χ1v) is 10.4. The normalized spacial score (nSPS) is 20.1. The van der Waals surface area contributed by atoms with E-state index in [9.17, 15) is 9.59 Å². The van der Waals surface area contributed by atoms with Crippen molar-refractivity contribution in [3.8, 4) is 0 Å². The smallest absolute Gasteiger partial charge is 0.382 e. The minimum absolute atomic E-state index is 0.175. The molecule has 3 aromatic carbocycles. The predicted octanol–water partition coefficient (Wildman–Crippen LogP) is 5.16. The Hall–Kier alpha value is -4.12. The summed E-state index contributed by atoms with van der Waals surface area (Å²) in [6, 6.07) is 28.2. The maximum Gasteiger partial charge on any atom is 0.382 e. The van der Waals surface area contributed by atoms with E-state index in [0.717, 1.165) is 11.3 Å². The van der Waals surface area contributed by atoms with Crippen LogP contribution in [-0.4, -0.2) is 11.8 Å². The van der Waals surface area contributed by atoms with Gasteiger partial charge in [0.2, 0.25) is 5.88 Å². The van der Waals surface area contributed by atoms with Crippen LogP contribution >= 0.6 is 0 Å². The molecule has 2 aliphatic rings. The topological polar surface area (TPSA) is 55.8 Å². The van der Waals surface area contributed by atoms with Gasteiger partial charge in [0.15, 0.2) is 0 Å². The van der Waals surface area contributed by atoms with Crippen LogP contribution in [-0.2, 0) is 24.8 Å². The van der Waals surface area contributed by atoms with Crippen molar-refractivity contribution >= 4 is 23.2 Å². The molecule has 2 heterocycles. The Balaban J connectivity index is 1.93. The molecule has 0 N–H and O–H groups in total. The third-order valence-corrected chi connectivity index (χ3v) is 5.58. The first kappa shape index (κ1) is 19.8. The molecule has 5 nitrogen and oxygen atoms in total. The van der Waals surface area contributed by atoms with Crippen molar-refractivity contribution < 1.29 is 19.1 Å². The molecule has 0 radical (unpaired) electrons. The fourth-order valence-electron chi connectivity index (χ4n) is 4.23. The summed E-state index contributed by atoms with van der Waals surface area (Å²) >= 11 is 0. The lowest BCUT2D eigenvalue weighted by Gasteiger charge is -2.46. The lowest BCUT2D eigenvalue weighted by atomic mass is 9.87. The van der Waals surface area contributed by atoms with Crippen LogP contribution in [0.2, 0.25) is 0 Å². The van der Waals surface area contributed by atoms with Gasteiger partial charge in [-0.1, -0.05) is 78.9 Å². The van der Waals surface area contributed by atoms with E-state index in [1.165, 1.54) is 0 Å². The van der Waals surface area contributed by atoms with Gasteiger partial charge in [-0.05, 0) is 31.6 Å². The highest BCUT2D eigenvalue weighted by Gasteiger charge is 2.62. The molecule has 5 rings (SSSR count). The Morgan fingerprint density at radius 2 is 1.34 bits per heavy atom. The Labute approximate surface area is 186 Å². The molecular weight excluding hydrogens is 402 g/mol. The van der Waals surface area contributed by atoms with Crippen LogP contribution in [0.3, 0.4) is 0 Å². The number of nitrogens with zero attached hydrogens (tertiary/aromatic N) is 1. The van der Waals surface area contributed by atoms with Crippen LogP contribution in [0, 0.1) is 0 Å². The fraction of sp³-hybridized carbons (Fsp3) is 0.111. The highest BCUT2D eigenvalue weighted by atomic mass is 16.6. The Bertz CT molecular complexity index is 1260. The van der Waals surface area contributed by atoms with Crippen molar-refractivity contribution in [2.24, 2.45) is 0 Å². The van der Waals surface area contributed by atoms with Gasteiger partial charge in [-0.25, -0.2) is 4.79 Å². The maximum atomic E-state index is 13.3. The molecule has 5 heteroatoms. The molecule has 0 bridgehead atoms. The molecule has 1 unspecified atom stereocenters. The van der Waals surface area contributed by atoms with Gasteiger partial charge in [-0.2, -0.15) is 0 Å². The summed E-state index contributed by atoms with van der Waals surface area (Å²) in [5, 5.41) is 0. The van der Waals surface area contributed by atoms with Gasteiger partial charge in [0, 0.05) is 16.8 Å². The van der Waals surface area contributed by atoms with Crippen molar-refractivity contribution in [1.82, 2.24) is 0 Å². The number of allylic oxidation sites excluding steroid dienone is 1. The van der Waals surface area contributed by atoms with E-state index in [0.29, 0.717) is 22.8 Å². The number of fused-ring (bicyclic) bond motifs is 1. The first-order valence-electron chi connectivity index (χ1n) is 10.4. The van der Waals surface area contributed by atoms with Crippen molar-refractivity contribution in [3.63, 3.8) is 0 Å². The zero-order valence-corrected chi connectivity index (χ0v) is 17.7. The van der Waals surface area contributed by atoms with Crippen molar-refractivity contribution in [3.05, 3.63) is 119 Å². The predicted molar refractivity (Wildman–Crippen MR) is 121 cm³/mol. The van der Waals surface area contributed by atoms with Crippen molar-refractivity contribution in [2.45, 2.75) is 19.6 Å². The number of esters is 1. The lowest BCUT2D eigenvalue weighted by molar-refractivity contribution is -0.153. The quantitative estimate of drug-likeness (QED) is 0.430. The second-order valence-corrected chi connectivity index (χ2v) is 7.88. The largest absolute Gasteiger partial charge is 0.439 e. The maximum absolute atomic E-state index is 13.3.